The topological polar surface area (TPSA) is 92.0 Å². The Morgan fingerprint density at radius 3 is 2.59 bits per heavy atom. The van der Waals surface area contributed by atoms with Crippen molar-refractivity contribution in [2.75, 3.05) is 23.3 Å². The normalized spacial score (nSPS) is 11.7. The summed E-state index contributed by atoms with van der Waals surface area (Å²) < 4.78 is 0. The first-order valence-electron chi connectivity index (χ1n) is 8.65. The number of hydrogen-bond donors (Lipinski definition) is 2. The molecule has 0 aliphatic carbocycles. The fraction of sp³-hybridized carbons (Fsp3) is 0.190. The van der Waals surface area contributed by atoms with E-state index in [0.717, 1.165) is 29.9 Å². The van der Waals surface area contributed by atoms with E-state index in [0.29, 0.717) is 13.1 Å². The number of fused-ring (bicyclic) bond motifs is 1. The van der Waals surface area contributed by atoms with Crippen LogP contribution in [0, 0.1) is 22.7 Å². The lowest BCUT2D eigenvalue weighted by molar-refractivity contribution is -0.115. The zero-order chi connectivity index (χ0) is 19.1. The van der Waals surface area contributed by atoms with E-state index in [1.54, 1.807) is 12.1 Å². The molecule has 134 valence electrons. The van der Waals surface area contributed by atoms with Crippen molar-refractivity contribution in [3.05, 3.63) is 71.4 Å². The first-order valence-corrected chi connectivity index (χ1v) is 8.65. The molecule has 2 aromatic carbocycles. The number of amides is 1. The Hall–Kier alpha value is -3.77. The highest BCUT2D eigenvalue weighted by molar-refractivity contribution is 5.94. The molecule has 1 amide bonds. The van der Waals surface area contributed by atoms with Crippen LogP contribution in [0.1, 0.15) is 11.1 Å². The van der Waals surface area contributed by atoms with Gasteiger partial charge in [0.05, 0.1) is 6.54 Å². The predicted molar refractivity (Wildman–Crippen MR) is 104 cm³/mol. The van der Waals surface area contributed by atoms with Crippen LogP contribution in [0.5, 0.6) is 0 Å². The summed E-state index contributed by atoms with van der Waals surface area (Å²) in [6.45, 7) is 1.68. The van der Waals surface area contributed by atoms with Gasteiger partial charge in [0.2, 0.25) is 5.91 Å². The van der Waals surface area contributed by atoms with Crippen molar-refractivity contribution in [1.29, 1.82) is 10.5 Å². The van der Waals surface area contributed by atoms with Crippen molar-refractivity contribution in [2.24, 2.45) is 0 Å². The van der Waals surface area contributed by atoms with Crippen LogP contribution in [0.25, 0.3) is 0 Å². The molecule has 0 saturated carbocycles. The molecular weight excluding hydrogens is 338 g/mol. The SMILES string of the molecule is N#CC(C#N)=CNCc1ccc(NC(=O)CN2CCc3ccccc32)cc1. The number of hydrogen-bond acceptors (Lipinski definition) is 5. The van der Waals surface area contributed by atoms with Crippen LogP contribution in [0.4, 0.5) is 11.4 Å². The lowest BCUT2D eigenvalue weighted by atomic mass is 10.2. The minimum Gasteiger partial charge on any atom is -0.385 e. The summed E-state index contributed by atoms with van der Waals surface area (Å²) in [7, 11) is 0. The number of nitriles is 2. The zero-order valence-corrected chi connectivity index (χ0v) is 14.8. The van der Waals surface area contributed by atoms with Crippen molar-refractivity contribution in [3.63, 3.8) is 0 Å². The third-order valence-corrected chi connectivity index (χ3v) is 4.35. The number of carbonyl (C=O) groups excluding carboxylic acids is 1. The molecule has 0 spiro atoms. The third-order valence-electron chi connectivity index (χ3n) is 4.35. The maximum Gasteiger partial charge on any atom is 0.243 e. The van der Waals surface area contributed by atoms with E-state index in [-0.39, 0.29) is 11.5 Å². The van der Waals surface area contributed by atoms with E-state index in [1.165, 1.54) is 11.8 Å². The molecule has 0 atom stereocenters. The molecule has 2 aromatic rings. The second-order valence-corrected chi connectivity index (χ2v) is 6.21. The second kappa shape index (κ2) is 8.55. The van der Waals surface area contributed by atoms with Crippen LogP contribution in [0.3, 0.4) is 0 Å². The fourth-order valence-electron chi connectivity index (χ4n) is 3.01. The Bertz CT molecular complexity index is 918. The van der Waals surface area contributed by atoms with E-state index >= 15 is 0 Å². The molecule has 6 nitrogen and oxygen atoms in total. The highest BCUT2D eigenvalue weighted by Crippen LogP contribution is 2.27. The molecule has 2 N–H and O–H groups in total. The molecule has 1 heterocycles. The van der Waals surface area contributed by atoms with E-state index in [9.17, 15) is 4.79 Å². The number of benzene rings is 2. The molecule has 1 aliphatic rings. The minimum atomic E-state index is -0.0480. The van der Waals surface area contributed by atoms with E-state index in [2.05, 4.69) is 27.7 Å². The number of carbonyl (C=O) groups is 1. The first kappa shape index (κ1) is 18.0. The Morgan fingerprint density at radius 2 is 1.85 bits per heavy atom. The molecule has 0 unspecified atom stereocenters. The smallest absolute Gasteiger partial charge is 0.243 e. The van der Waals surface area contributed by atoms with Gasteiger partial charge in [0.15, 0.2) is 0 Å². The monoisotopic (exact) mass is 357 g/mol. The van der Waals surface area contributed by atoms with Gasteiger partial charge in [0.1, 0.15) is 17.7 Å². The van der Waals surface area contributed by atoms with Gasteiger partial charge in [-0.2, -0.15) is 10.5 Å². The molecule has 0 saturated heterocycles. The van der Waals surface area contributed by atoms with Crippen LogP contribution in [0.15, 0.2) is 60.3 Å². The summed E-state index contributed by atoms with van der Waals surface area (Å²) in [5.74, 6) is -0.0480. The summed E-state index contributed by atoms with van der Waals surface area (Å²) >= 11 is 0. The van der Waals surface area contributed by atoms with Crippen LogP contribution in [0.2, 0.25) is 0 Å². The minimum absolute atomic E-state index is 0.0300. The summed E-state index contributed by atoms with van der Waals surface area (Å²) in [5.41, 5.74) is 4.17. The summed E-state index contributed by atoms with van der Waals surface area (Å²) in [5, 5.41) is 23.2. The lowest BCUT2D eigenvalue weighted by Gasteiger charge is -2.18. The number of para-hydroxylation sites is 1. The first-order chi connectivity index (χ1) is 13.2. The van der Waals surface area contributed by atoms with E-state index in [1.807, 2.05) is 36.4 Å². The highest BCUT2D eigenvalue weighted by atomic mass is 16.2. The van der Waals surface area contributed by atoms with Crippen LogP contribution in [-0.4, -0.2) is 19.0 Å². The van der Waals surface area contributed by atoms with Crippen molar-refractivity contribution in [1.82, 2.24) is 5.32 Å². The number of anilines is 2. The van der Waals surface area contributed by atoms with E-state index in [4.69, 9.17) is 10.5 Å². The molecule has 0 radical (unpaired) electrons. The largest absolute Gasteiger partial charge is 0.385 e. The third kappa shape index (κ3) is 4.65. The van der Waals surface area contributed by atoms with Crippen molar-refractivity contribution >= 4 is 17.3 Å². The van der Waals surface area contributed by atoms with Gasteiger partial charge in [0, 0.05) is 30.7 Å². The van der Waals surface area contributed by atoms with Gasteiger partial charge >= 0.3 is 0 Å². The Kier molecular flexibility index (Phi) is 5.71. The zero-order valence-electron chi connectivity index (χ0n) is 14.8. The van der Waals surface area contributed by atoms with Gasteiger partial charge in [0.25, 0.3) is 0 Å². The number of rotatable bonds is 6. The number of nitrogens with one attached hydrogen (secondary N) is 2. The average Bonchev–Trinajstić information content (AvgIpc) is 3.09. The van der Waals surface area contributed by atoms with Crippen LogP contribution >= 0.6 is 0 Å². The molecule has 0 aromatic heterocycles. The van der Waals surface area contributed by atoms with Crippen molar-refractivity contribution in [2.45, 2.75) is 13.0 Å². The van der Waals surface area contributed by atoms with Gasteiger partial charge in [-0.1, -0.05) is 30.3 Å². The lowest BCUT2D eigenvalue weighted by Crippen LogP contribution is -2.31. The van der Waals surface area contributed by atoms with Crippen LogP contribution in [-0.2, 0) is 17.8 Å². The molecule has 6 heteroatoms. The molecule has 1 aliphatic heterocycles. The van der Waals surface area contributed by atoms with Gasteiger partial charge in [-0.25, -0.2) is 0 Å². The van der Waals surface area contributed by atoms with Gasteiger partial charge < -0.3 is 15.5 Å². The fourth-order valence-corrected chi connectivity index (χ4v) is 3.01. The van der Waals surface area contributed by atoms with Crippen molar-refractivity contribution < 1.29 is 4.79 Å². The summed E-state index contributed by atoms with van der Waals surface area (Å²) in [6.07, 6.45) is 2.36. The summed E-state index contributed by atoms with van der Waals surface area (Å²) in [4.78, 5) is 14.4. The summed E-state index contributed by atoms with van der Waals surface area (Å²) in [6, 6.07) is 19.2. The predicted octanol–water partition coefficient (Wildman–Crippen LogP) is 2.71. The van der Waals surface area contributed by atoms with Gasteiger partial charge in [-0.05, 0) is 35.7 Å². The molecule has 3 rings (SSSR count). The molecule has 27 heavy (non-hydrogen) atoms. The second-order valence-electron chi connectivity index (χ2n) is 6.21. The number of allylic oxidation sites excluding steroid dienone is 1. The quantitative estimate of drug-likeness (QED) is 0.776. The number of nitrogens with zero attached hydrogens (tertiary/aromatic N) is 3. The Morgan fingerprint density at radius 1 is 1.11 bits per heavy atom. The average molecular weight is 357 g/mol. The molecule has 0 fully saturated rings. The maximum absolute atomic E-state index is 12.3. The standard InChI is InChI=1S/C21H19N5O/c22-11-17(12-23)14-24-13-16-5-7-19(8-6-16)25-21(27)15-26-10-9-18-3-1-2-4-20(18)26/h1-8,14,24H,9-10,13,15H2,(H,25,27). The Balaban J connectivity index is 1.51. The van der Waals surface area contributed by atoms with Gasteiger partial charge in [-0.15, -0.1) is 0 Å². The Labute approximate surface area is 158 Å². The van der Waals surface area contributed by atoms with Crippen LogP contribution < -0.4 is 15.5 Å². The maximum atomic E-state index is 12.3. The highest BCUT2D eigenvalue weighted by Gasteiger charge is 2.20. The van der Waals surface area contributed by atoms with Crippen molar-refractivity contribution in [3.8, 4) is 12.1 Å². The van der Waals surface area contributed by atoms with E-state index < -0.39 is 0 Å². The van der Waals surface area contributed by atoms with Gasteiger partial charge in [-0.3, -0.25) is 4.79 Å². The molecular formula is C21H19N5O. The molecule has 0 bridgehead atoms.